The van der Waals surface area contributed by atoms with Gasteiger partial charge in [0.05, 0.1) is 6.10 Å². The number of ketones is 1. The third-order valence-electron chi connectivity index (χ3n) is 5.78. The Morgan fingerprint density at radius 2 is 1.93 bits per heavy atom. The molecule has 158 valence electrons. The molecular formula is C24H38O4. The molecule has 0 aliphatic carbocycles. The normalized spacial score (nSPS) is 32.0. The van der Waals surface area contributed by atoms with E-state index < -0.39 is 11.4 Å². The number of methoxy groups -OCH3 is 1. The van der Waals surface area contributed by atoms with Crippen LogP contribution < -0.4 is 0 Å². The number of allylic oxidation sites excluding steroid dienone is 3. The molecule has 1 heterocycles. The molecule has 4 heteroatoms. The Labute approximate surface area is 171 Å². The van der Waals surface area contributed by atoms with Gasteiger partial charge in [-0.25, -0.2) is 4.79 Å². The average molecular weight is 391 g/mol. The molecule has 0 fully saturated rings. The number of rotatable bonds is 2. The van der Waals surface area contributed by atoms with E-state index in [0.29, 0.717) is 6.42 Å². The van der Waals surface area contributed by atoms with Crippen molar-refractivity contribution in [2.24, 2.45) is 17.3 Å². The Balaban J connectivity index is 3.14. The molecule has 4 nitrogen and oxygen atoms in total. The number of carbonyl (C=O) groups excluding carboxylic acids is 2. The van der Waals surface area contributed by atoms with Gasteiger partial charge in [-0.3, -0.25) is 4.79 Å². The van der Waals surface area contributed by atoms with Gasteiger partial charge in [0.2, 0.25) is 0 Å². The number of Topliss-reactive ketones (excluding diaryl/α,β-unsaturated/α-hetero) is 1. The predicted octanol–water partition coefficient (Wildman–Crippen LogP) is 5.43. The highest BCUT2D eigenvalue weighted by Gasteiger charge is 2.36. The van der Waals surface area contributed by atoms with Crippen LogP contribution in [0.5, 0.6) is 0 Å². The fourth-order valence-corrected chi connectivity index (χ4v) is 3.78. The summed E-state index contributed by atoms with van der Waals surface area (Å²) < 4.78 is 11.3. The summed E-state index contributed by atoms with van der Waals surface area (Å²) in [5.74, 6) is -0.314. The summed E-state index contributed by atoms with van der Waals surface area (Å²) in [6.07, 6.45) is 12.5. The van der Waals surface area contributed by atoms with Crippen molar-refractivity contribution in [1.82, 2.24) is 0 Å². The first kappa shape index (κ1) is 24.4. The summed E-state index contributed by atoms with van der Waals surface area (Å²) in [5.41, 5.74) is 0.255. The third-order valence-corrected chi connectivity index (χ3v) is 5.78. The minimum atomic E-state index is -0.767. The van der Waals surface area contributed by atoms with Crippen molar-refractivity contribution in [3.63, 3.8) is 0 Å². The second-order valence-corrected chi connectivity index (χ2v) is 8.48. The monoisotopic (exact) mass is 390 g/mol. The van der Waals surface area contributed by atoms with E-state index in [9.17, 15) is 9.59 Å². The minimum Gasteiger partial charge on any atom is -0.454 e. The first-order valence-corrected chi connectivity index (χ1v) is 10.4. The maximum Gasteiger partial charge on any atom is 0.331 e. The van der Waals surface area contributed by atoms with Crippen LogP contribution in [-0.2, 0) is 19.1 Å². The fourth-order valence-electron chi connectivity index (χ4n) is 3.78. The number of esters is 1. The van der Waals surface area contributed by atoms with Crippen molar-refractivity contribution in [3.05, 3.63) is 36.0 Å². The Bertz CT molecular complexity index is 612. The Morgan fingerprint density at radius 3 is 2.54 bits per heavy atom. The largest absolute Gasteiger partial charge is 0.454 e. The maximum atomic E-state index is 13.1. The lowest BCUT2D eigenvalue weighted by molar-refractivity contribution is -0.141. The van der Waals surface area contributed by atoms with Crippen LogP contribution in [0.2, 0.25) is 0 Å². The average Bonchev–Trinajstić information content (AvgIpc) is 2.66. The van der Waals surface area contributed by atoms with Crippen LogP contribution in [0.1, 0.15) is 67.2 Å². The number of ether oxygens (including phenoxy) is 2. The molecule has 0 aromatic carbocycles. The van der Waals surface area contributed by atoms with E-state index in [1.54, 1.807) is 13.2 Å². The van der Waals surface area contributed by atoms with Crippen molar-refractivity contribution in [3.8, 4) is 0 Å². The number of hydrogen-bond donors (Lipinski definition) is 0. The fraction of sp³-hybridized carbons (Fsp3) is 0.667. The van der Waals surface area contributed by atoms with Gasteiger partial charge in [0.25, 0.3) is 0 Å². The standard InChI is InChI=1S/C24H38O4/c1-8-17(2)20-14-12-10-9-11-13-18(3)22(27-7)19(4)23(26)24(5,6)16-15-21(25)28-20/h8,10,12,15-16,18-20,22H,9,11,13-14H2,1-7H3/b12-10?,16-15+,17-8+. The van der Waals surface area contributed by atoms with E-state index in [4.69, 9.17) is 9.47 Å². The van der Waals surface area contributed by atoms with Crippen LogP contribution in [0.3, 0.4) is 0 Å². The van der Waals surface area contributed by atoms with Gasteiger partial charge in [-0.05, 0) is 58.4 Å². The van der Waals surface area contributed by atoms with E-state index in [-0.39, 0.29) is 29.8 Å². The SMILES string of the molecule is C/C=C(\C)C1CC=CCCCC(C)C(OC)C(C)C(=O)C(C)(C)/C=C/C(=O)O1. The summed E-state index contributed by atoms with van der Waals surface area (Å²) in [6.45, 7) is 11.7. The lowest BCUT2D eigenvalue weighted by atomic mass is 9.76. The van der Waals surface area contributed by atoms with Crippen LogP contribution in [0.15, 0.2) is 36.0 Å². The topological polar surface area (TPSA) is 52.6 Å². The Kier molecular flexibility index (Phi) is 9.88. The molecule has 1 aliphatic rings. The first-order valence-electron chi connectivity index (χ1n) is 10.4. The van der Waals surface area contributed by atoms with Crippen LogP contribution >= 0.6 is 0 Å². The molecule has 0 aromatic heterocycles. The maximum absolute atomic E-state index is 13.1. The van der Waals surface area contributed by atoms with Gasteiger partial charge in [0.1, 0.15) is 11.9 Å². The van der Waals surface area contributed by atoms with Crippen molar-refractivity contribution in [2.75, 3.05) is 7.11 Å². The number of hydrogen-bond acceptors (Lipinski definition) is 4. The second kappa shape index (κ2) is 11.4. The zero-order chi connectivity index (χ0) is 21.3. The summed E-state index contributed by atoms with van der Waals surface area (Å²) in [5, 5.41) is 0. The van der Waals surface area contributed by atoms with E-state index in [0.717, 1.165) is 24.8 Å². The smallest absolute Gasteiger partial charge is 0.331 e. The molecule has 0 aromatic rings. The van der Waals surface area contributed by atoms with Gasteiger partial charge >= 0.3 is 5.97 Å². The van der Waals surface area contributed by atoms with E-state index in [1.807, 2.05) is 40.7 Å². The molecule has 0 amide bonds. The van der Waals surface area contributed by atoms with Gasteiger partial charge in [0, 0.05) is 30.9 Å². The minimum absolute atomic E-state index is 0.0726. The molecule has 0 spiro atoms. The molecule has 0 saturated carbocycles. The lowest BCUT2D eigenvalue weighted by Crippen LogP contribution is -2.39. The molecule has 28 heavy (non-hydrogen) atoms. The van der Waals surface area contributed by atoms with Crippen LogP contribution in [-0.4, -0.2) is 31.1 Å². The van der Waals surface area contributed by atoms with Crippen LogP contribution in [0, 0.1) is 17.3 Å². The van der Waals surface area contributed by atoms with E-state index in [1.165, 1.54) is 6.08 Å². The van der Waals surface area contributed by atoms with Crippen molar-refractivity contribution < 1.29 is 19.1 Å². The summed E-state index contributed by atoms with van der Waals surface area (Å²) >= 11 is 0. The van der Waals surface area contributed by atoms with Gasteiger partial charge in [0.15, 0.2) is 0 Å². The van der Waals surface area contributed by atoms with Gasteiger partial charge < -0.3 is 9.47 Å². The Hall–Kier alpha value is -1.68. The molecule has 0 saturated heterocycles. The molecule has 0 bridgehead atoms. The Morgan fingerprint density at radius 1 is 1.25 bits per heavy atom. The molecule has 1 rings (SSSR count). The summed E-state index contributed by atoms with van der Waals surface area (Å²) in [6, 6.07) is 0. The zero-order valence-corrected chi connectivity index (χ0v) is 18.7. The van der Waals surface area contributed by atoms with Crippen LogP contribution in [0.4, 0.5) is 0 Å². The molecule has 0 N–H and O–H groups in total. The molecule has 1 aliphatic heterocycles. The van der Waals surface area contributed by atoms with Gasteiger partial charge in [-0.2, -0.15) is 0 Å². The number of cyclic esters (lactones) is 1. The van der Waals surface area contributed by atoms with Crippen molar-refractivity contribution in [1.29, 1.82) is 0 Å². The highest BCUT2D eigenvalue weighted by atomic mass is 16.5. The van der Waals surface area contributed by atoms with Crippen LogP contribution in [0.25, 0.3) is 0 Å². The van der Waals surface area contributed by atoms with Gasteiger partial charge in [-0.15, -0.1) is 0 Å². The molecule has 4 unspecified atom stereocenters. The van der Waals surface area contributed by atoms with E-state index in [2.05, 4.69) is 19.1 Å². The molecule has 4 atom stereocenters. The van der Waals surface area contributed by atoms with Gasteiger partial charge in [-0.1, -0.05) is 38.2 Å². The number of carbonyl (C=O) groups is 2. The quantitative estimate of drug-likeness (QED) is 0.466. The molecule has 0 radical (unpaired) electrons. The van der Waals surface area contributed by atoms with Crippen molar-refractivity contribution in [2.45, 2.75) is 79.4 Å². The predicted molar refractivity (Wildman–Crippen MR) is 114 cm³/mol. The lowest BCUT2D eigenvalue weighted by Gasteiger charge is -2.32. The zero-order valence-electron chi connectivity index (χ0n) is 18.7. The highest BCUT2D eigenvalue weighted by Crippen LogP contribution is 2.30. The van der Waals surface area contributed by atoms with Crippen molar-refractivity contribution >= 4 is 11.8 Å². The second-order valence-electron chi connectivity index (χ2n) is 8.48. The summed E-state index contributed by atoms with van der Waals surface area (Å²) in [7, 11) is 1.67. The molecular weight excluding hydrogens is 352 g/mol. The van der Waals surface area contributed by atoms with E-state index >= 15 is 0 Å². The third kappa shape index (κ3) is 7.05. The summed E-state index contributed by atoms with van der Waals surface area (Å²) in [4.78, 5) is 25.5. The first-order chi connectivity index (χ1) is 13.1. The highest BCUT2D eigenvalue weighted by molar-refractivity contribution is 5.90.